The van der Waals surface area contributed by atoms with Gasteiger partial charge in [-0.25, -0.2) is 9.97 Å². The Kier molecular flexibility index (Phi) is 4.09. The minimum Gasteiger partial charge on any atom is -0.398 e. The minimum absolute atomic E-state index is 0.0519. The predicted octanol–water partition coefficient (Wildman–Crippen LogP) is 3.27. The Bertz CT molecular complexity index is 648. The van der Waals surface area contributed by atoms with Crippen LogP contribution in [0.5, 0.6) is 0 Å². The smallest absolute Gasteiger partial charge is 0.258 e. The molecule has 0 aliphatic heterocycles. The molecule has 0 atom stereocenters. The molecule has 0 saturated carbocycles. The van der Waals surface area contributed by atoms with E-state index in [-0.39, 0.29) is 27.2 Å². The van der Waals surface area contributed by atoms with Gasteiger partial charge in [-0.1, -0.05) is 34.8 Å². The Morgan fingerprint density at radius 2 is 1.95 bits per heavy atom. The number of nitrogens with two attached hydrogens (primary N) is 1. The summed E-state index contributed by atoms with van der Waals surface area (Å²) < 4.78 is 0. The van der Waals surface area contributed by atoms with Crippen LogP contribution in [0.25, 0.3) is 0 Å². The fourth-order valence-corrected chi connectivity index (χ4v) is 1.81. The number of halogens is 3. The van der Waals surface area contributed by atoms with Crippen LogP contribution in [-0.4, -0.2) is 15.9 Å². The van der Waals surface area contributed by atoms with Crippen molar-refractivity contribution in [2.75, 3.05) is 11.1 Å². The molecule has 1 aromatic carbocycles. The highest BCUT2D eigenvalue weighted by molar-refractivity contribution is 6.43. The van der Waals surface area contributed by atoms with Crippen molar-refractivity contribution >= 4 is 52.2 Å². The molecule has 0 fully saturated rings. The monoisotopic (exact) mass is 316 g/mol. The molecule has 0 aliphatic carbocycles. The van der Waals surface area contributed by atoms with Crippen LogP contribution in [0.15, 0.2) is 24.5 Å². The summed E-state index contributed by atoms with van der Waals surface area (Å²) in [6.07, 6.45) is 1.19. The third kappa shape index (κ3) is 3.07. The fraction of sp³-hybridized carbons (Fsp3) is 0. The van der Waals surface area contributed by atoms with E-state index in [2.05, 4.69) is 15.3 Å². The summed E-state index contributed by atoms with van der Waals surface area (Å²) in [5, 5.41) is 3.05. The van der Waals surface area contributed by atoms with E-state index in [9.17, 15) is 4.79 Å². The Morgan fingerprint density at radius 3 is 2.63 bits per heavy atom. The molecule has 2 aromatic rings. The zero-order valence-corrected chi connectivity index (χ0v) is 11.6. The van der Waals surface area contributed by atoms with E-state index in [0.29, 0.717) is 5.02 Å². The molecule has 0 spiro atoms. The number of amides is 1. The SMILES string of the molecule is Nc1cc(Cl)ccc1C(=O)Nc1ncnc(Cl)c1Cl. The number of benzene rings is 1. The topological polar surface area (TPSA) is 80.9 Å². The predicted molar refractivity (Wildman–Crippen MR) is 75.9 cm³/mol. The number of nitrogen functional groups attached to an aromatic ring is 1. The molecule has 8 heteroatoms. The zero-order valence-electron chi connectivity index (χ0n) is 9.32. The van der Waals surface area contributed by atoms with Gasteiger partial charge < -0.3 is 11.1 Å². The molecule has 0 aliphatic rings. The average molecular weight is 318 g/mol. The first kappa shape index (κ1) is 13.9. The summed E-state index contributed by atoms with van der Waals surface area (Å²) in [5.74, 6) is -0.355. The lowest BCUT2D eigenvalue weighted by Crippen LogP contribution is -2.15. The molecule has 19 heavy (non-hydrogen) atoms. The number of carbonyl (C=O) groups excluding carboxylic acids is 1. The summed E-state index contributed by atoms with van der Waals surface area (Å²) >= 11 is 17.3. The molecule has 0 saturated heterocycles. The van der Waals surface area contributed by atoms with E-state index in [1.54, 1.807) is 6.07 Å². The Hall–Kier alpha value is -1.56. The molecule has 1 heterocycles. The van der Waals surface area contributed by atoms with Gasteiger partial charge in [0.1, 0.15) is 11.3 Å². The standard InChI is InChI=1S/C11H7Cl3N4O/c12-5-1-2-6(7(15)3-5)11(19)18-10-8(13)9(14)16-4-17-10/h1-4H,15H2,(H,16,17,18,19). The van der Waals surface area contributed by atoms with E-state index >= 15 is 0 Å². The number of anilines is 2. The Morgan fingerprint density at radius 1 is 1.21 bits per heavy atom. The van der Waals surface area contributed by atoms with Crippen molar-refractivity contribution in [2.45, 2.75) is 0 Å². The zero-order chi connectivity index (χ0) is 14.0. The number of nitrogens with one attached hydrogen (secondary N) is 1. The molecular weight excluding hydrogens is 311 g/mol. The second-order valence-corrected chi connectivity index (χ2v) is 4.69. The molecule has 98 valence electrons. The van der Waals surface area contributed by atoms with Gasteiger partial charge in [-0.15, -0.1) is 0 Å². The highest BCUT2D eigenvalue weighted by Gasteiger charge is 2.14. The average Bonchev–Trinajstić information content (AvgIpc) is 2.34. The first-order valence-electron chi connectivity index (χ1n) is 5.01. The number of nitrogens with zero attached hydrogens (tertiary/aromatic N) is 2. The molecule has 3 N–H and O–H groups in total. The molecule has 5 nitrogen and oxygen atoms in total. The van der Waals surface area contributed by atoms with E-state index in [4.69, 9.17) is 40.5 Å². The van der Waals surface area contributed by atoms with Crippen molar-refractivity contribution < 1.29 is 4.79 Å². The van der Waals surface area contributed by atoms with Crippen LogP contribution < -0.4 is 11.1 Å². The van der Waals surface area contributed by atoms with Crippen LogP contribution in [0.3, 0.4) is 0 Å². The van der Waals surface area contributed by atoms with Crippen LogP contribution in [0, 0.1) is 0 Å². The minimum atomic E-state index is -0.467. The maximum Gasteiger partial charge on any atom is 0.258 e. The van der Waals surface area contributed by atoms with Crippen LogP contribution in [0.4, 0.5) is 11.5 Å². The highest BCUT2D eigenvalue weighted by Crippen LogP contribution is 2.26. The van der Waals surface area contributed by atoms with Gasteiger partial charge in [0.25, 0.3) is 5.91 Å². The van der Waals surface area contributed by atoms with Gasteiger partial charge in [-0.05, 0) is 18.2 Å². The van der Waals surface area contributed by atoms with Crippen LogP contribution in [0.1, 0.15) is 10.4 Å². The number of rotatable bonds is 2. The van der Waals surface area contributed by atoms with E-state index < -0.39 is 5.91 Å². The largest absolute Gasteiger partial charge is 0.398 e. The van der Waals surface area contributed by atoms with Gasteiger partial charge in [-0.2, -0.15) is 0 Å². The molecule has 1 aromatic heterocycles. The van der Waals surface area contributed by atoms with Crippen molar-refractivity contribution in [2.24, 2.45) is 0 Å². The lowest BCUT2D eigenvalue weighted by atomic mass is 10.1. The van der Waals surface area contributed by atoms with Gasteiger partial charge in [0, 0.05) is 10.7 Å². The summed E-state index contributed by atoms with van der Waals surface area (Å²) in [6, 6.07) is 4.54. The molecular formula is C11H7Cl3N4O. The summed E-state index contributed by atoms with van der Waals surface area (Å²) in [7, 11) is 0. The second-order valence-electron chi connectivity index (χ2n) is 3.51. The van der Waals surface area contributed by atoms with Gasteiger partial charge in [0.15, 0.2) is 11.0 Å². The number of aromatic nitrogens is 2. The third-order valence-corrected chi connectivity index (χ3v) is 3.21. The van der Waals surface area contributed by atoms with E-state index in [1.165, 1.54) is 18.5 Å². The first-order valence-corrected chi connectivity index (χ1v) is 6.15. The van der Waals surface area contributed by atoms with Gasteiger partial charge in [0.05, 0.1) is 5.56 Å². The summed E-state index contributed by atoms with van der Waals surface area (Å²) in [6.45, 7) is 0. The number of carbonyl (C=O) groups is 1. The second kappa shape index (κ2) is 5.61. The van der Waals surface area contributed by atoms with Crippen LogP contribution in [-0.2, 0) is 0 Å². The van der Waals surface area contributed by atoms with Crippen molar-refractivity contribution in [3.05, 3.63) is 45.3 Å². The molecule has 0 unspecified atom stereocenters. The fourth-order valence-electron chi connectivity index (χ4n) is 1.35. The van der Waals surface area contributed by atoms with Crippen molar-refractivity contribution in [1.29, 1.82) is 0 Å². The molecule has 0 radical (unpaired) electrons. The molecule has 1 amide bonds. The maximum absolute atomic E-state index is 12.0. The molecule has 2 rings (SSSR count). The van der Waals surface area contributed by atoms with Gasteiger partial charge in [0.2, 0.25) is 0 Å². The third-order valence-electron chi connectivity index (χ3n) is 2.24. The quantitative estimate of drug-likeness (QED) is 0.658. The number of hydrogen-bond donors (Lipinski definition) is 2. The number of hydrogen-bond acceptors (Lipinski definition) is 4. The summed E-state index contributed by atoms with van der Waals surface area (Å²) in [5.41, 5.74) is 6.22. The van der Waals surface area contributed by atoms with Gasteiger partial charge >= 0.3 is 0 Å². The lowest BCUT2D eigenvalue weighted by molar-refractivity contribution is 0.102. The lowest BCUT2D eigenvalue weighted by Gasteiger charge is -2.08. The van der Waals surface area contributed by atoms with Crippen LogP contribution >= 0.6 is 34.8 Å². The van der Waals surface area contributed by atoms with Crippen LogP contribution in [0.2, 0.25) is 15.2 Å². The summed E-state index contributed by atoms with van der Waals surface area (Å²) in [4.78, 5) is 19.5. The molecule has 0 bridgehead atoms. The van der Waals surface area contributed by atoms with Crippen molar-refractivity contribution in [3.8, 4) is 0 Å². The Balaban J connectivity index is 2.28. The van der Waals surface area contributed by atoms with Gasteiger partial charge in [-0.3, -0.25) is 4.79 Å². The maximum atomic E-state index is 12.0. The van der Waals surface area contributed by atoms with E-state index in [1.807, 2.05) is 0 Å². The Labute approximate surface area is 123 Å². The normalized spacial score (nSPS) is 10.3. The van der Waals surface area contributed by atoms with Crippen molar-refractivity contribution in [1.82, 2.24) is 9.97 Å². The van der Waals surface area contributed by atoms with E-state index in [0.717, 1.165) is 0 Å². The highest BCUT2D eigenvalue weighted by atomic mass is 35.5. The first-order chi connectivity index (χ1) is 8.99. The van der Waals surface area contributed by atoms with Crippen molar-refractivity contribution in [3.63, 3.8) is 0 Å².